The van der Waals surface area contributed by atoms with Crippen molar-refractivity contribution < 1.29 is 0 Å². The second kappa shape index (κ2) is 6.30. The number of nitrogens with zero attached hydrogens (tertiary/aromatic N) is 1. The van der Waals surface area contributed by atoms with Gasteiger partial charge in [-0.25, -0.2) is 0 Å². The summed E-state index contributed by atoms with van der Waals surface area (Å²) in [7, 11) is 0. The molecule has 0 saturated carbocycles. The van der Waals surface area contributed by atoms with Crippen molar-refractivity contribution in [2.75, 3.05) is 0 Å². The van der Waals surface area contributed by atoms with Crippen LogP contribution in [0.4, 0.5) is 0 Å². The Morgan fingerprint density at radius 2 is 2.06 bits per heavy atom. The van der Waals surface area contributed by atoms with Crippen molar-refractivity contribution in [3.63, 3.8) is 0 Å². The Hall–Kier alpha value is -1.33. The zero-order chi connectivity index (χ0) is 12.0. The van der Waals surface area contributed by atoms with Crippen LogP contribution in [0.3, 0.4) is 0 Å². The average Bonchev–Trinajstić information content (AvgIpc) is 2.26. The van der Waals surface area contributed by atoms with Gasteiger partial charge in [0.05, 0.1) is 11.6 Å². The van der Waals surface area contributed by atoms with Gasteiger partial charge in [0.15, 0.2) is 0 Å². The van der Waals surface area contributed by atoms with Crippen molar-refractivity contribution in [1.29, 1.82) is 5.26 Å². The van der Waals surface area contributed by atoms with Gasteiger partial charge >= 0.3 is 0 Å². The van der Waals surface area contributed by atoms with Crippen LogP contribution in [0.1, 0.15) is 38.3 Å². The van der Waals surface area contributed by atoms with Crippen LogP contribution in [-0.4, -0.2) is 6.04 Å². The van der Waals surface area contributed by atoms with Gasteiger partial charge in [-0.05, 0) is 37.0 Å². The summed E-state index contributed by atoms with van der Waals surface area (Å²) in [5, 5.41) is 12.3. The van der Waals surface area contributed by atoms with Gasteiger partial charge in [-0.15, -0.1) is 0 Å². The predicted molar refractivity (Wildman–Crippen MR) is 66.9 cm³/mol. The quantitative estimate of drug-likeness (QED) is 0.821. The molecule has 0 heterocycles. The Balaban J connectivity index is 2.45. The third-order valence-electron chi connectivity index (χ3n) is 2.54. The molecular weight excluding hydrogens is 196 g/mol. The van der Waals surface area contributed by atoms with Gasteiger partial charge in [0.25, 0.3) is 0 Å². The molecule has 0 bridgehead atoms. The lowest BCUT2D eigenvalue weighted by Gasteiger charge is -2.15. The SMILES string of the molecule is CC(C)CC(C)NCc1cccc(C#N)c1. The normalized spacial score (nSPS) is 12.4. The van der Waals surface area contributed by atoms with E-state index in [0.717, 1.165) is 12.1 Å². The molecule has 0 fully saturated rings. The zero-order valence-electron chi connectivity index (χ0n) is 10.3. The third-order valence-corrected chi connectivity index (χ3v) is 2.54. The van der Waals surface area contributed by atoms with Gasteiger partial charge in [-0.2, -0.15) is 5.26 Å². The summed E-state index contributed by atoms with van der Waals surface area (Å²) in [4.78, 5) is 0. The van der Waals surface area contributed by atoms with E-state index in [0.29, 0.717) is 12.0 Å². The van der Waals surface area contributed by atoms with Gasteiger partial charge in [-0.1, -0.05) is 26.0 Å². The number of hydrogen-bond acceptors (Lipinski definition) is 2. The van der Waals surface area contributed by atoms with Crippen molar-refractivity contribution in [2.24, 2.45) is 5.92 Å². The minimum absolute atomic E-state index is 0.519. The first-order valence-electron chi connectivity index (χ1n) is 5.84. The van der Waals surface area contributed by atoms with Crippen LogP contribution in [0.25, 0.3) is 0 Å². The lowest BCUT2D eigenvalue weighted by molar-refractivity contribution is 0.441. The van der Waals surface area contributed by atoms with Crippen LogP contribution in [0, 0.1) is 17.2 Å². The summed E-state index contributed by atoms with van der Waals surface area (Å²) >= 11 is 0. The fraction of sp³-hybridized carbons (Fsp3) is 0.500. The second-order valence-electron chi connectivity index (χ2n) is 4.72. The third kappa shape index (κ3) is 4.46. The highest BCUT2D eigenvalue weighted by Gasteiger charge is 2.04. The van der Waals surface area contributed by atoms with Crippen molar-refractivity contribution in [2.45, 2.75) is 39.8 Å². The molecule has 0 radical (unpaired) electrons. The molecule has 0 aliphatic rings. The highest BCUT2D eigenvalue weighted by atomic mass is 14.9. The van der Waals surface area contributed by atoms with Crippen LogP contribution < -0.4 is 5.32 Å². The second-order valence-corrected chi connectivity index (χ2v) is 4.72. The van der Waals surface area contributed by atoms with Crippen molar-refractivity contribution in [1.82, 2.24) is 5.32 Å². The first-order chi connectivity index (χ1) is 7.61. The van der Waals surface area contributed by atoms with E-state index < -0.39 is 0 Å². The number of nitrogens with one attached hydrogen (secondary N) is 1. The highest BCUT2D eigenvalue weighted by Crippen LogP contribution is 2.07. The average molecular weight is 216 g/mol. The molecule has 0 saturated heterocycles. The first kappa shape index (κ1) is 12.7. The molecule has 1 rings (SSSR count). The van der Waals surface area contributed by atoms with Crippen LogP contribution in [0.5, 0.6) is 0 Å². The molecule has 0 aliphatic carbocycles. The summed E-state index contributed by atoms with van der Waals surface area (Å²) in [6.07, 6.45) is 1.18. The van der Waals surface area contributed by atoms with Gasteiger partial charge < -0.3 is 5.32 Å². The van der Waals surface area contributed by atoms with Gasteiger partial charge in [-0.3, -0.25) is 0 Å². The zero-order valence-corrected chi connectivity index (χ0v) is 10.3. The van der Waals surface area contributed by atoms with Crippen LogP contribution >= 0.6 is 0 Å². The van der Waals surface area contributed by atoms with E-state index in [9.17, 15) is 0 Å². The maximum absolute atomic E-state index is 8.79. The number of benzene rings is 1. The standard InChI is InChI=1S/C14H20N2/c1-11(2)7-12(3)16-10-14-6-4-5-13(8-14)9-15/h4-6,8,11-12,16H,7,10H2,1-3H3. The van der Waals surface area contributed by atoms with E-state index in [4.69, 9.17) is 5.26 Å². The van der Waals surface area contributed by atoms with Crippen molar-refractivity contribution in [3.8, 4) is 6.07 Å². The van der Waals surface area contributed by atoms with Crippen molar-refractivity contribution >= 4 is 0 Å². The minimum Gasteiger partial charge on any atom is -0.310 e. The summed E-state index contributed by atoms with van der Waals surface area (Å²) < 4.78 is 0. The molecule has 0 amide bonds. The lowest BCUT2D eigenvalue weighted by Crippen LogP contribution is -2.26. The first-order valence-corrected chi connectivity index (χ1v) is 5.84. The van der Waals surface area contributed by atoms with Gasteiger partial charge in [0.1, 0.15) is 0 Å². The molecule has 86 valence electrons. The molecule has 1 N–H and O–H groups in total. The molecule has 1 aromatic rings. The van der Waals surface area contributed by atoms with E-state index in [1.807, 2.05) is 18.2 Å². The topological polar surface area (TPSA) is 35.8 Å². The number of hydrogen-bond donors (Lipinski definition) is 1. The maximum Gasteiger partial charge on any atom is 0.0991 e. The largest absolute Gasteiger partial charge is 0.310 e. The minimum atomic E-state index is 0.519. The molecule has 1 aromatic carbocycles. The summed E-state index contributed by atoms with van der Waals surface area (Å²) in [6.45, 7) is 7.50. The maximum atomic E-state index is 8.79. The Labute approximate surface area is 98.3 Å². The fourth-order valence-corrected chi connectivity index (χ4v) is 1.83. The Morgan fingerprint density at radius 1 is 1.31 bits per heavy atom. The summed E-state index contributed by atoms with van der Waals surface area (Å²) in [5.74, 6) is 0.716. The monoisotopic (exact) mass is 216 g/mol. The van der Waals surface area contributed by atoms with Crippen molar-refractivity contribution in [3.05, 3.63) is 35.4 Å². The van der Waals surface area contributed by atoms with Crippen LogP contribution in [-0.2, 0) is 6.54 Å². The Morgan fingerprint density at radius 3 is 2.69 bits per heavy atom. The summed E-state index contributed by atoms with van der Waals surface area (Å²) in [6, 6.07) is 10.4. The van der Waals surface area contributed by atoms with Crippen LogP contribution in [0.15, 0.2) is 24.3 Å². The molecule has 16 heavy (non-hydrogen) atoms. The van der Waals surface area contributed by atoms with Gasteiger partial charge in [0.2, 0.25) is 0 Å². The van der Waals surface area contributed by atoms with E-state index in [2.05, 4.69) is 38.2 Å². The van der Waals surface area contributed by atoms with E-state index in [1.54, 1.807) is 0 Å². The molecule has 2 heteroatoms. The number of rotatable bonds is 5. The molecule has 0 aliphatic heterocycles. The Bertz CT molecular complexity index is 363. The predicted octanol–water partition coefficient (Wildman–Crippen LogP) is 3.08. The number of nitriles is 1. The van der Waals surface area contributed by atoms with Gasteiger partial charge in [0, 0.05) is 12.6 Å². The molecule has 0 aromatic heterocycles. The fourth-order valence-electron chi connectivity index (χ4n) is 1.83. The molecular formula is C14H20N2. The van der Waals surface area contributed by atoms with E-state index >= 15 is 0 Å². The smallest absolute Gasteiger partial charge is 0.0991 e. The lowest BCUT2D eigenvalue weighted by atomic mass is 10.0. The Kier molecular flexibility index (Phi) is 5.01. The highest BCUT2D eigenvalue weighted by molar-refractivity contribution is 5.32. The van der Waals surface area contributed by atoms with E-state index in [1.165, 1.54) is 12.0 Å². The molecule has 2 nitrogen and oxygen atoms in total. The van der Waals surface area contributed by atoms with Crippen LogP contribution in [0.2, 0.25) is 0 Å². The van der Waals surface area contributed by atoms with E-state index in [-0.39, 0.29) is 0 Å². The molecule has 0 spiro atoms. The summed E-state index contributed by atoms with van der Waals surface area (Å²) in [5.41, 5.74) is 1.91. The molecule has 1 unspecified atom stereocenters. The molecule has 1 atom stereocenters.